The molecule has 8 heteroatoms. The van der Waals surface area contributed by atoms with E-state index in [2.05, 4.69) is 74.8 Å². The lowest BCUT2D eigenvalue weighted by Gasteiger charge is -2.37. The average Bonchev–Trinajstić information content (AvgIpc) is 3.48. The highest BCUT2D eigenvalue weighted by atomic mass is 79.9. The van der Waals surface area contributed by atoms with E-state index in [4.69, 9.17) is 8.92 Å². The second-order valence-corrected chi connectivity index (χ2v) is 12.7. The van der Waals surface area contributed by atoms with Gasteiger partial charge >= 0.3 is 10.1 Å². The zero-order chi connectivity index (χ0) is 28.6. The van der Waals surface area contributed by atoms with Gasteiger partial charge in [-0.2, -0.15) is 8.42 Å². The van der Waals surface area contributed by atoms with Gasteiger partial charge in [0.05, 0.1) is 23.3 Å². The van der Waals surface area contributed by atoms with Crippen molar-refractivity contribution >= 4 is 43.6 Å². The number of halogens is 1. The minimum atomic E-state index is -4.04. The zero-order valence-electron chi connectivity index (χ0n) is 22.6. The van der Waals surface area contributed by atoms with Gasteiger partial charge in [0, 0.05) is 17.8 Å². The topological polar surface area (TPSA) is 77.0 Å². The van der Waals surface area contributed by atoms with Crippen LogP contribution in [0.5, 0.6) is 11.5 Å². The Bertz CT molecular complexity index is 1750. The molecule has 6 nitrogen and oxygen atoms in total. The van der Waals surface area contributed by atoms with Gasteiger partial charge in [0.1, 0.15) is 4.90 Å². The van der Waals surface area contributed by atoms with E-state index in [-0.39, 0.29) is 22.4 Å². The second kappa shape index (κ2) is 11.2. The van der Waals surface area contributed by atoms with Gasteiger partial charge in [0.2, 0.25) is 0 Å². The number of aliphatic imine (C=N–C) groups is 1. The number of para-hydroxylation sites is 1. The molecule has 6 rings (SSSR count). The van der Waals surface area contributed by atoms with Crippen molar-refractivity contribution < 1.29 is 17.3 Å². The predicted octanol–water partition coefficient (Wildman–Crippen LogP) is 8.11. The average molecular weight is 630 g/mol. The molecule has 0 radical (unpaired) electrons. The third kappa shape index (κ3) is 5.54. The van der Waals surface area contributed by atoms with E-state index in [1.807, 2.05) is 19.1 Å². The molecule has 2 aliphatic rings. The van der Waals surface area contributed by atoms with Crippen molar-refractivity contribution in [3.8, 4) is 11.5 Å². The van der Waals surface area contributed by atoms with Gasteiger partial charge in [0.15, 0.2) is 11.5 Å². The Hall–Kier alpha value is -3.88. The van der Waals surface area contributed by atoms with Crippen molar-refractivity contribution in [3.63, 3.8) is 0 Å². The molecule has 208 valence electrons. The summed E-state index contributed by atoms with van der Waals surface area (Å²) in [6.45, 7) is 1.89. The highest BCUT2D eigenvalue weighted by molar-refractivity contribution is 9.10. The molecule has 0 saturated heterocycles. The van der Waals surface area contributed by atoms with Gasteiger partial charge in [-0.3, -0.25) is 4.99 Å². The van der Waals surface area contributed by atoms with E-state index in [1.165, 1.54) is 36.1 Å². The number of fused-ring (bicyclic) bond motifs is 3. The van der Waals surface area contributed by atoms with Crippen LogP contribution in [-0.4, -0.2) is 21.7 Å². The number of benzene rings is 4. The van der Waals surface area contributed by atoms with Crippen molar-refractivity contribution in [1.29, 1.82) is 0 Å². The molecule has 1 aliphatic heterocycles. The maximum atomic E-state index is 12.9. The first kappa shape index (κ1) is 27.3. The Morgan fingerprint density at radius 2 is 1.76 bits per heavy atom. The minimum Gasteiger partial charge on any atom is -0.493 e. The molecule has 0 aromatic heterocycles. The van der Waals surface area contributed by atoms with Crippen LogP contribution < -0.4 is 14.2 Å². The van der Waals surface area contributed by atoms with E-state index in [9.17, 15) is 8.42 Å². The highest BCUT2D eigenvalue weighted by Crippen LogP contribution is 2.49. The quantitative estimate of drug-likeness (QED) is 0.127. The molecule has 1 aliphatic carbocycles. The molecule has 4 aromatic rings. The number of allylic oxidation sites excluding steroid dienone is 2. The number of rotatable bonds is 7. The monoisotopic (exact) mass is 628 g/mol. The Morgan fingerprint density at radius 3 is 2.51 bits per heavy atom. The zero-order valence-corrected chi connectivity index (χ0v) is 25.0. The van der Waals surface area contributed by atoms with Crippen molar-refractivity contribution in [2.24, 2.45) is 10.9 Å². The Labute approximate surface area is 249 Å². The summed E-state index contributed by atoms with van der Waals surface area (Å²) in [6, 6.07) is 27.0. The minimum absolute atomic E-state index is 0.0680. The third-order valence-electron chi connectivity index (χ3n) is 7.64. The summed E-state index contributed by atoms with van der Waals surface area (Å²) in [5.74, 6) is 1.27. The molecule has 0 spiro atoms. The van der Waals surface area contributed by atoms with E-state index >= 15 is 0 Å². The summed E-state index contributed by atoms with van der Waals surface area (Å²) in [4.78, 5) is 4.72. The molecule has 4 aromatic carbocycles. The summed E-state index contributed by atoms with van der Waals surface area (Å²) < 4.78 is 37.1. The van der Waals surface area contributed by atoms with E-state index in [0.717, 1.165) is 23.2 Å². The number of hydrogen-bond donors (Lipinski definition) is 1. The first-order valence-corrected chi connectivity index (χ1v) is 15.6. The molecule has 0 fully saturated rings. The summed E-state index contributed by atoms with van der Waals surface area (Å²) in [5.41, 5.74) is 6.29. The van der Waals surface area contributed by atoms with E-state index < -0.39 is 10.1 Å². The van der Waals surface area contributed by atoms with Crippen molar-refractivity contribution in [3.05, 3.63) is 124 Å². The standard InChI is InChI=1S/C33H29BrN2O4S/c1-21-10-16-25(17-11-21)41(37,38)40-33-29(34)18-22(19-31(33)39-2)20-35-24-14-12-23(13-15-24)32-28-8-5-7-26(28)27-6-3-4-9-30(27)36-32/h3-7,9-20,26,28,32,36H,8H2,1-2H3/t26-,28-,32+/m1/s1. The van der Waals surface area contributed by atoms with Crippen molar-refractivity contribution in [2.45, 2.75) is 30.2 Å². The largest absolute Gasteiger partial charge is 0.493 e. The second-order valence-electron chi connectivity index (χ2n) is 10.3. The molecular weight excluding hydrogens is 600 g/mol. The number of ether oxygens (including phenoxy) is 1. The Balaban J connectivity index is 1.20. The molecule has 0 amide bonds. The van der Waals surface area contributed by atoms with Gasteiger partial charge in [-0.05, 0) is 94.3 Å². The lowest BCUT2D eigenvalue weighted by atomic mass is 9.77. The van der Waals surface area contributed by atoms with Gasteiger partial charge in [-0.25, -0.2) is 0 Å². The maximum Gasteiger partial charge on any atom is 0.339 e. The number of nitrogens with zero attached hydrogens (tertiary/aromatic N) is 1. The maximum absolute atomic E-state index is 12.9. The fourth-order valence-corrected chi connectivity index (χ4v) is 7.15. The van der Waals surface area contributed by atoms with Crippen LogP contribution in [0.15, 0.2) is 111 Å². The smallest absolute Gasteiger partial charge is 0.339 e. The van der Waals surface area contributed by atoms with Gasteiger partial charge in [0.25, 0.3) is 0 Å². The van der Waals surface area contributed by atoms with E-state index in [0.29, 0.717) is 16.3 Å². The molecule has 1 N–H and O–H groups in total. The Kier molecular flexibility index (Phi) is 7.45. The van der Waals surface area contributed by atoms with Crippen LogP contribution in [0.3, 0.4) is 0 Å². The summed E-state index contributed by atoms with van der Waals surface area (Å²) in [7, 11) is -2.57. The lowest BCUT2D eigenvalue weighted by Crippen LogP contribution is -2.28. The van der Waals surface area contributed by atoms with Crippen LogP contribution in [0.4, 0.5) is 11.4 Å². The molecule has 0 saturated carbocycles. The Morgan fingerprint density at radius 1 is 1.00 bits per heavy atom. The van der Waals surface area contributed by atoms with Crippen LogP contribution in [0.2, 0.25) is 0 Å². The molecule has 3 atom stereocenters. The van der Waals surface area contributed by atoms with Crippen LogP contribution >= 0.6 is 15.9 Å². The van der Waals surface area contributed by atoms with Crippen LogP contribution in [0.25, 0.3) is 0 Å². The number of nitrogens with one attached hydrogen (secondary N) is 1. The van der Waals surface area contributed by atoms with Crippen molar-refractivity contribution in [2.75, 3.05) is 12.4 Å². The first-order chi connectivity index (χ1) is 19.8. The van der Waals surface area contributed by atoms with E-state index in [1.54, 1.807) is 30.5 Å². The van der Waals surface area contributed by atoms with Crippen LogP contribution in [0.1, 0.15) is 40.6 Å². The number of hydrogen-bond acceptors (Lipinski definition) is 6. The fourth-order valence-electron chi connectivity index (χ4n) is 5.55. The van der Waals surface area contributed by atoms with Gasteiger partial charge < -0.3 is 14.2 Å². The first-order valence-electron chi connectivity index (χ1n) is 13.4. The third-order valence-corrected chi connectivity index (χ3v) is 9.47. The highest BCUT2D eigenvalue weighted by Gasteiger charge is 2.37. The number of aryl methyl sites for hydroxylation is 1. The van der Waals surface area contributed by atoms with Crippen LogP contribution in [0, 0.1) is 12.8 Å². The van der Waals surface area contributed by atoms with Crippen LogP contribution in [-0.2, 0) is 10.1 Å². The SMILES string of the molecule is COc1cc(C=Nc2ccc([C@@H]3Nc4ccccc4[C@H]4C=CC[C@H]43)cc2)cc(Br)c1OS(=O)(=O)c1ccc(C)cc1. The fraction of sp³-hybridized carbons (Fsp3) is 0.182. The summed E-state index contributed by atoms with van der Waals surface area (Å²) >= 11 is 3.45. The molecule has 41 heavy (non-hydrogen) atoms. The normalized spacial score (nSPS) is 19.4. The molecular formula is C33H29BrN2O4S. The summed E-state index contributed by atoms with van der Waals surface area (Å²) in [5, 5.41) is 3.76. The number of methoxy groups -OCH3 is 1. The number of anilines is 1. The predicted molar refractivity (Wildman–Crippen MR) is 166 cm³/mol. The van der Waals surface area contributed by atoms with Crippen molar-refractivity contribution in [1.82, 2.24) is 0 Å². The lowest BCUT2D eigenvalue weighted by molar-refractivity contribution is 0.389. The summed E-state index contributed by atoms with van der Waals surface area (Å²) in [6.07, 6.45) is 7.41. The molecule has 1 heterocycles. The molecule has 0 bridgehead atoms. The molecule has 0 unspecified atom stereocenters. The van der Waals surface area contributed by atoms with Gasteiger partial charge in [-0.1, -0.05) is 60.2 Å². The van der Waals surface area contributed by atoms with Gasteiger partial charge in [-0.15, -0.1) is 0 Å².